The predicted octanol–water partition coefficient (Wildman–Crippen LogP) is 31.5. The number of esters is 1. The number of unbranched alkanes of at least 4 members (excludes halogenated alkanes) is 4. The molecule has 0 spiro atoms. The molecular weight excluding hydrogens is 1930 g/mol. The summed E-state index contributed by atoms with van der Waals surface area (Å²) in [5, 5.41) is 8.74. The topological polar surface area (TPSA) is 259 Å². The Balaban J connectivity index is -0.000000126. The maximum Gasteiger partial charge on any atom is 0.305 e. The quantitative estimate of drug-likeness (QED) is 0.0405. The van der Waals surface area contributed by atoms with Crippen LogP contribution in [0.2, 0.25) is 0 Å². The zero-order valence-electron chi connectivity index (χ0n) is 101. The van der Waals surface area contributed by atoms with Gasteiger partial charge in [-0.3, -0.25) is 57.5 Å². The molecule has 0 aliphatic carbocycles. The van der Waals surface area contributed by atoms with E-state index in [0.29, 0.717) is 182 Å². The zero-order valence-corrected chi connectivity index (χ0v) is 108. The molecular formula is C120H239N3O14S7. The third-order valence-corrected chi connectivity index (χ3v) is 23.7. The first-order chi connectivity index (χ1) is 63.3. The van der Waals surface area contributed by atoms with Crippen molar-refractivity contribution < 1.29 is 67.0 Å². The molecule has 0 aromatic heterocycles. The molecule has 1 aromatic rings. The summed E-state index contributed by atoms with van der Waals surface area (Å²) in [6, 6.07) is 7.93. The monoisotopic (exact) mass is 2170 g/mol. The molecule has 860 valence electrons. The lowest BCUT2D eigenvalue weighted by Crippen LogP contribution is -2.32. The van der Waals surface area contributed by atoms with Gasteiger partial charge in [-0.1, -0.05) is 329 Å². The largest absolute Gasteiger partial charge is 0.465 e. The van der Waals surface area contributed by atoms with Crippen molar-refractivity contribution in [1.29, 1.82) is 0 Å². The Morgan fingerprint density at radius 1 is 0.243 bits per heavy atom. The predicted molar refractivity (Wildman–Crippen MR) is 655 cm³/mol. The van der Waals surface area contributed by atoms with Crippen LogP contribution in [0.3, 0.4) is 0 Å². The van der Waals surface area contributed by atoms with E-state index in [1.165, 1.54) is 0 Å². The van der Waals surface area contributed by atoms with Gasteiger partial charge in [-0.05, 0) is 210 Å². The lowest BCUT2D eigenvalue weighted by Gasteiger charge is -2.21. The van der Waals surface area contributed by atoms with Crippen LogP contribution < -0.4 is 16.0 Å². The number of hydrogen-bond donors (Lipinski definition) is 3. The number of carbonyl (C=O) groups excluding carboxylic acids is 12. The second kappa shape index (κ2) is 100. The molecule has 17 nitrogen and oxygen atoms in total. The highest BCUT2D eigenvalue weighted by Crippen LogP contribution is 2.30. The third-order valence-electron chi connectivity index (χ3n) is 23.7. The lowest BCUT2D eigenvalue weighted by atomic mass is 9.83. The Kier molecular flexibility index (Phi) is 118. The molecule has 3 amide bonds. The van der Waals surface area contributed by atoms with Crippen LogP contribution >= 0.6 is 94.5 Å². The summed E-state index contributed by atoms with van der Waals surface area (Å²) in [6.45, 7) is 90.8. The normalized spacial score (nSPS) is 12.4. The van der Waals surface area contributed by atoms with Gasteiger partial charge >= 0.3 is 5.97 Å². The number of nitrogens with one attached hydrogen (secondary N) is 3. The molecule has 0 unspecified atom stereocenters. The number of hydrogen-bond acceptors (Lipinski definition) is 14. The standard InChI is InChI=1S/C22H35NO2.C20H38O2.C19H36O3.C16H31NO2.C15H29NO2.C15H30O2.C13H26O.7H2S/c1-15(2)7-12-21(24)23-20-10-8-18(9-11-20)14-19(13-16(3)4)22(25)17(5)6;1-15(2)12-13-19(21)11-9-7-8-10-18(14-16(3)4)20(22)17(5)6;1-14(2)12-17(19(21)16(5)6)10-8-7-9-11-18(20)22-13-15(3)4;1-11(2)9-14(16(19)13(5)6)7-8-15(18)17-10-12(3)4;1-10(2)7-13(15(18)12(5)6)8-14(17)16-9-11(3)4;1-11(2)9-14(15(16)13(5)6)7-8-17-10-12(3)4;1-9(2)7-12(8-10(3)4)13(14)11(5)6;;;;;;;/h8-11,15-17,19H,7,12-14H2,1-6H3,(H,23,24);15-18H,7-14H2,1-6H3;14-17H,7-13H2,1-6H3;11-14H,7-10H2,1-6H3,(H,17,18);10-13H,7-9H2,1-6H3,(H,16,17);11-14H,7-10H2,1-6H3;9-12H,7-8H2,1-6H3;7*1H2/t19-;18-;17-;14-;13-;14-;;;;;;;;/m011101......../s1. The van der Waals surface area contributed by atoms with Crippen molar-refractivity contribution in [3.8, 4) is 0 Å². The Bertz CT molecular complexity index is 3260. The first kappa shape index (κ1) is 169. The van der Waals surface area contributed by atoms with Gasteiger partial charge in [0.15, 0.2) is 0 Å². The smallest absolute Gasteiger partial charge is 0.305 e. The number of ketones is 8. The lowest BCUT2D eigenvalue weighted by molar-refractivity contribution is -0.145. The second-order valence-electron chi connectivity index (χ2n) is 48.3. The molecule has 0 saturated carbocycles. The minimum atomic E-state index is -0.128. The van der Waals surface area contributed by atoms with Crippen LogP contribution in [-0.2, 0) is 73.4 Å². The van der Waals surface area contributed by atoms with Gasteiger partial charge in [0.05, 0.1) is 6.61 Å². The van der Waals surface area contributed by atoms with Crippen LogP contribution in [0.5, 0.6) is 0 Å². The molecule has 0 saturated heterocycles. The van der Waals surface area contributed by atoms with Gasteiger partial charge < -0.3 is 25.4 Å². The molecule has 144 heavy (non-hydrogen) atoms. The minimum Gasteiger partial charge on any atom is -0.465 e. The third kappa shape index (κ3) is 103. The van der Waals surface area contributed by atoms with Crippen LogP contribution in [0.25, 0.3) is 0 Å². The van der Waals surface area contributed by atoms with Crippen molar-refractivity contribution >= 4 is 170 Å². The summed E-state index contributed by atoms with van der Waals surface area (Å²) in [4.78, 5) is 144. The maximum atomic E-state index is 12.5. The van der Waals surface area contributed by atoms with Crippen molar-refractivity contribution in [1.82, 2.24) is 10.6 Å². The van der Waals surface area contributed by atoms with Crippen molar-refractivity contribution in [2.75, 3.05) is 38.2 Å². The highest BCUT2D eigenvalue weighted by molar-refractivity contribution is 7.60. The van der Waals surface area contributed by atoms with E-state index in [9.17, 15) is 57.5 Å². The average Bonchev–Trinajstić information content (AvgIpc) is 0.869. The summed E-state index contributed by atoms with van der Waals surface area (Å²) in [5.41, 5.74) is 1.98. The van der Waals surface area contributed by atoms with Gasteiger partial charge in [0.2, 0.25) is 17.7 Å². The number of benzene rings is 1. The van der Waals surface area contributed by atoms with Gasteiger partial charge in [-0.25, -0.2) is 0 Å². The highest BCUT2D eigenvalue weighted by atomic mass is 32.1. The van der Waals surface area contributed by atoms with Gasteiger partial charge in [-0.2, -0.15) is 94.5 Å². The molecule has 0 aliphatic rings. The van der Waals surface area contributed by atoms with Crippen molar-refractivity contribution in [2.24, 2.45) is 166 Å². The first-order valence-electron chi connectivity index (χ1n) is 55.2. The van der Waals surface area contributed by atoms with Crippen LogP contribution in [0, 0.1) is 166 Å². The Hall–Kier alpha value is -3.13. The fraction of sp³-hybridized carbons (Fsp3) is 0.850. The molecule has 24 heteroatoms. The first-order valence-corrected chi connectivity index (χ1v) is 55.2. The van der Waals surface area contributed by atoms with E-state index in [1.54, 1.807) is 0 Å². The van der Waals surface area contributed by atoms with Crippen LogP contribution in [0.1, 0.15) is 463 Å². The van der Waals surface area contributed by atoms with E-state index >= 15 is 0 Å². The summed E-state index contributed by atoms with van der Waals surface area (Å²) in [6.07, 6.45) is 23.2. The summed E-state index contributed by atoms with van der Waals surface area (Å²) >= 11 is 0. The van der Waals surface area contributed by atoms with E-state index < -0.39 is 0 Å². The van der Waals surface area contributed by atoms with Gasteiger partial charge in [-0.15, -0.1) is 0 Å². The van der Waals surface area contributed by atoms with E-state index in [2.05, 4.69) is 196 Å². The highest BCUT2D eigenvalue weighted by Gasteiger charge is 2.30. The average molecular weight is 2170 g/mol. The fourth-order valence-electron chi connectivity index (χ4n) is 16.4. The minimum absolute atomic E-state index is 0. The van der Waals surface area contributed by atoms with E-state index in [0.717, 1.165) is 159 Å². The van der Waals surface area contributed by atoms with Gasteiger partial charge in [0.25, 0.3) is 0 Å². The zero-order chi connectivity index (χ0) is 107. The SMILES string of the molecule is CC(C)CC(CC(C)C)C(=O)C(C)C.CC(C)CCC(=O)CCCCC[C@H](CC(C)C)C(=O)C(C)C.CC(C)CCC(=O)Nc1ccc(C[C@H](CC(C)C)C(=O)C(C)C)cc1.CC(C)CNC(=O)CC[C@H](CC(C)C)C(=O)C(C)C.CC(C)CNC(=O)C[C@H](CC(C)C)C(=O)C(C)C.CC(C)COC(=O)CCCCC[C@H](CC(C)C)C(=O)C(C)C.CC(C)COCC[C@H](CC(C)C)C(=O)C(C)C.S.S.S.S.S.S.S. The maximum absolute atomic E-state index is 12.5. The van der Waals surface area contributed by atoms with Gasteiger partial charge in [0, 0.05) is 153 Å². The molecule has 0 bridgehead atoms. The van der Waals surface area contributed by atoms with Gasteiger partial charge in [0.1, 0.15) is 46.3 Å². The molecule has 1 rings (SSSR count). The molecule has 0 fully saturated rings. The Labute approximate surface area is 938 Å². The number of anilines is 1. The Morgan fingerprint density at radius 2 is 0.528 bits per heavy atom. The van der Waals surface area contributed by atoms with Crippen LogP contribution in [0.15, 0.2) is 24.3 Å². The van der Waals surface area contributed by atoms with E-state index in [4.69, 9.17) is 9.47 Å². The molecule has 6 atom stereocenters. The molecule has 0 aliphatic heterocycles. The number of ether oxygens (including phenoxy) is 2. The second-order valence-corrected chi connectivity index (χ2v) is 48.3. The number of rotatable bonds is 67. The molecule has 0 radical (unpaired) electrons. The van der Waals surface area contributed by atoms with Crippen LogP contribution in [-0.4, -0.2) is 103 Å². The van der Waals surface area contributed by atoms with Crippen molar-refractivity contribution in [3.05, 3.63) is 29.8 Å². The van der Waals surface area contributed by atoms with Crippen molar-refractivity contribution in [2.45, 2.75) is 464 Å². The summed E-state index contributed by atoms with van der Waals surface area (Å²) in [7, 11) is 0. The molecule has 3 N–H and O–H groups in total. The van der Waals surface area contributed by atoms with Crippen LogP contribution in [0.4, 0.5) is 5.69 Å². The molecule has 1 aromatic carbocycles. The number of amides is 3. The summed E-state index contributed by atoms with van der Waals surface area (Å²) in [5.74, 6) is 12.0. The van der Waals surface area contributed by atoms with Crippen molar-refractivity contribution in [3.63, 3.8) is 0 Å². The Morgan fingerprint density at radius 3 is 0.861 bits per heavy atom. The fourth-order valence-corrected chi connectivity index (χ4v) is 16.4. The number of Topliss-reactive ketones (excluding diaryl/α,β-unsaturated/α-hetero) is 8. The summed E-state index contributed by atoms with van der Waals surface area (Å²) < 4.78 is 10.7. The number of carbonyl (C=O) groups is 12. The van der Waals surface area contributed by atoms with E-state index in [1.807, 2.05) is 135 Å². The molecule has 0 heterocycles. The van der Waals surface area contributed by atoms with E-state index in [-0.39, 0.29) is 207 Å².